The van der Waals surface area contributed by atoms with Crippen LogP contribution in [0.15, 0.2) is 54.6 Å². The number of carbonyl (C=O) groups excluding carboxylic acids is 2. The van der Waals surface area contributed by atoms with E-state index in [-0.39, 0.29) is 36.8 Å². The third kappa shape index (κ3) is 6.59. The first kappa shape index (κ1) is 30.2. The lowest BCUT2D eigenvalue weighted by Gasteiger charge is -2.26. The monoisotopic (exact) mass is 572 g/mol. The summed E-state index contributed by atoms with van der Waals surface area (Å²) in [6, 6.07) is 16.0. The van der Waals surface area contributed by atoms with Crippen LogP contribution in [0.4, 0.5) is 0 Å². The molecule has 0 aliphatic carbocycles. The number of benzene rings is 2. The molecule has 0 saturated carbocycles. The minimum atomic E-state index is -1.10. The van der Waals surface area contributed by atoms with Crippen LogP contribution in [-0.2, 0) is 23.2 Å². The van der Waals surface area contributed by atoms with Gasteiger partial charge in [-0.15, -0.1) is 0 Å². The van der Waals surface area contributed by atoms with Crippen LogP contribution in [0.2, 0.25) is 0 Å². The minimum Gasteiger partial charge on any atom is -0.491 e. The number of pyridine rings is 1. The van der Waals surface area contributed by atoms with Crippen molar-refractivity contribution in [3.8, 4) is 11.5 Å². The molecular formula is C32H36N4O6. The lowest BCUT2D eigenvalue weighted by Crippen LogP contribution is -2.31. The second kappa shape index (κ2) is 12.4. The fourth-order valence-corrected chi connectivity index (χ4v) is 4.79. The minimum absolute atomic E-state index is 0.0489. The fraction of sp³-hybridized carbons (Fsp3) is 0.344. The van der Waals surface area contributed by atoms with Crippen LogP contribution in [0.5, 0.6) is 11.5 Å². The average Bonchev–Trinajstić information content (AvgIpc) is 3.25. The van der Waals surface area contributed by atoms with Gasteiger partial charge in [0.1, 0.15) is 17.3 Å². The van der Waals surface area contributed by atoms with Crippen molar-refractivity contribution in [3.63, 3.8) is 0 Å². The van der Waals surface area contributed by atoms with Gasteiger partial charge in [-0.1, -0.05) is 51.1 Å². The molecule has 2 aromatic carbocycles. The van der Waals surface area contributed by atoms with E-state index >= 15 is 0 Å². The largest absolute Gasteiger partial charge is 0.491 e. The number of carboxylic acid groups (broad SMARTS) is 1. The topological polar surface area (TPSA) is 142 Å². The quantitative estimate of drug-likeness (QED) is 0.290. The van der Waals surface area contributed by atoms with Gasteiger partial charge in [0.2, 0.25) is 0 Å². The van der Waals surface area contributed by atoms with E-state index in [4.69, 9.17) is 14.9 Å². The summed E-state index contributed by atoms with van der Waals surface area (Å²) in [5.41, 5.74) is 2.63. The second-order valence-electron chi connectivity index (χ2n) is 11.1. The Morgan fingerprint density at radius 1 is 1.10 bits per heavy atom. The number of hydrogen-bond acceptors (Lipinski definition) is 7. The smallest absolute Gasteiger partial charge is 0.345 e. The highest BCUT2D eigenvalue weighted by atomic mass is 16.5. The van der Waals surface area contributed by atoms with Gasteiger partial charge in [0.25, 0.3) is 5.91 Å². The second-order valence-corrected chi connectivity index (χ2v) is 11.1. The molecule has 1 aromatic heterocycles. The van der Waals surface area contributed by atoms with Gasteiger partial charge >= 0.3 is 5.97 Å². The summed E-state index contributed by atoms with van der Waals surface area (Å²) in [5.74, 6) is -0.943. The number of ketones is 1. The maximum absolute atomic E-state index is 13.5. The number of rotatable bonds is 11. The molecule has 1 aliphatic heterocycles. The lowest BCUT2D eigenvalue weighted by atomic mass is 9.85. The summed E-state index contributed by atoms with van der Waals surface area (Å²) >= 11 is 0. The van der Waals surface area contributed by atoms with E-state index in [1.54, 1.807) is 36.1 Å². The summed E-state index contributed by atoms with van der Waals surface area (Å²) in [4.78, 5) is 43.9. The first-order valence-electron chi connectivity index (χ1n) is 13.8. The molecule has 1 amide bonds. The Bertz CT molecular complexity index is 1510. The summed E-state index contributed by atoms with van der Waals surface area (Å²) in [5, 5.41) is 21.1. The molecule has 42 heavy (non-hydrogen) atoms. The number of aliphatic carboxylic acids is 1. The van der Waals surface area contributed by atoms with Gasteiger partial charge in [-0.25, -0.2) is 9.78 Å². The van der Waals surface area contributed by atoms with Gasteiger partial charge in [-0.05, 0) is 42.2 Å². The SMILES string of the molecule is CCOc1cc2c(nc1C(=O)NC)C(=N)N(CC(=O)c1ccc(OC(Cc3ccccc3)C(=O)O)c(C(C)(C)C)c1)C2. The third-order valence-electron chi connectivity index (χ3n) is 6.96. The Hall–Kier alpha value is -4.73. The van der Waals surface area contributed by atoms with Crippen LogP contribution in [-0.4, -0.2) is 64.8 Å². The number of carboxylic acids is 1. The van der Waals surface area contributed by atoms with Crippen molar-refractivity contribution in [2.75, 3.05) is 20.2 Å². The van der Waals surface area contributed by atoms with Crippen molar-refractivity contribution >= 4 is 23.5 Å². The number of fused-ring (bicyclic) bond motifs is 1. The molecule has 220 valence electrons. The fourth-order valence-electron chi connectivity index (χ4n) is 4.79. The Morgan fingerprint density at radius 2 is 1.81 bits per heavy atom. The van der Waals surface area contributed by atoms with Crippen molar-refractivity contribution < 1.29 is 29.0 Å². The van der Waals surface area contributed by atoms with E-state index in [2.05, 4.69) is 10.3 Å². The standard InChI is InChI=1S/C32H36N4O6/c1-6-41-25-16-21-17-36(29(33)27(21)35-28(25)30(38)34-5)18-23(37)20-12-13-24(22(15-20)32(2,3)4)42-26(31(39)40)14-19-10-8-7-9-11-19/h7-13,15-16,26,33H,6,14,17-18H2,1-5H3,(H,34,38)(H,39,40). The number of amidine groups is 1. The molecule has 0 bridgehead atoms. The highest BCUT2D eigenvalue weighted by molar-refractivity contribution is 6.05. The van der Waals surface area contributed by atoms with E-state index in [0.29, 0.717) is 40.5 Å². The zero-order valence-electron chi connectivity index (χ0n) is 24.5. The van der Waals surface area contributed by atoms with Gasteiger partial charge < -0.3 is 24.8 Å². The van der Waals surface area contributed by atoms with Crippen LogP contribution in [0.3, 0.4) is 0 Å². The Kier molecular flexibility index (Phi) is 8.94. The summed E-state index contributed by atoms with van der Waals surface area (Å²) < 4.78 is 11.6. The molecular weight excluding hydrogens is 536 g/mol. The number of Topliss-reactive ketones (excluding diaryl/α,β-unsaturated/α-hetero) is 1. The normalized spacial score (nSPS) is 13.4. The van der Waals surface area contributed by atoms with Gasteiger partial charge in [-0.3, -0.25) is 15.0 Å². The molecule has 10 heteroatoms. The van der Waals surface area contributed by atoms with E-state index in [1.807, 2.05) is 51.1 Å². The number of amides is 1. The predicted octanol–water partition coefficient (Wildman–Crippen LogP) is 4.24. The van der Waals surface area contributed by atoms with Crippen LogP contribution in [0, 0.1) is 5.41 Å². The van der Waals surface area contributed by atoms with Crippen molar-refractivity contribution in [1.82, 2.24) is 15.2 Å². The highest BCUT2D eigenvalue weighted by Crippen LogP contribution is 2.34. The maximum Gasteiger partial charge on any atom is 0.345 e. The number of ether oxygens (including phenoxy) is 2. The lowest BCUT2D eigenvalue weighted by molar-refractivity contribution is -0.145. The first-order valence-corrected chi connectivity index (χ1v) is 13.8. The Labute approximate surface area is 245 Å². The van der Waals surface area contributed by atoms with Gasteiger partial charge in [0.05, 0.1) is 13.2 Å². The first-order chi connectivity index (χ1) is 19.9. The van der Waals surface area contributed by atoms with E-state index < -0.39 is 23.4 Å². The zero-order valence-corrected chi connectivity index (χ0v) is 24.5. The molecule has 0 spiro atoms. The number of nitrogens with one attached hydrogen (secondary N) is 2. The molecule has 1 unspecified atom stereocenters. The average molecular weight is 573 g/mol. The number of aromatic nitrogens is 1. The van der Waals surface area contributed by atoms with E-state index in [9.17, 15) is 19.5 Å². The predicted molar refractivity (Wildman–Crippen MR) is 158 cm³/mol. The van der Waals surface area contributed by atoms with Crippen molar-refractivity contribution in [3.05, 3.63) is 88.2 Å². The Balaban J connectivity index is 1.56. The van der Waals surface area contributed by atoms with Crippen molar-refractivity contribution in [2.24, 2.45) is 0 Å². The number of hydrogen-bond donors (Lipinski definition) is 3. The molecule has 3 N–H and O–H groups in total. The number of nitrogens with zero attached hydrogens (tertiary/aromatic N) is 2. The van der Waals surface area contributed by atoms with Gasteiger partial charge in [0, 0.05) is 36.7 Å². The molecule has 4 rings (SSSR count). The molecule has 3 aromatic rings. The summed E-state index contributed by atoms with van der Waals surface area (Å²) in [6.45, 7) is 8.25. The number of carbonyl (C=O) groups is 3. The zero-order chi connectivity index (χ0) is 30.6. The van der Waals surface area contributed by atoms with E-state index in [0.717, 1.165) is 5.56 Å². The van der Waals surface area contributed by atoms with E-state index in [1.165, 1.54) is 7.05 Å². The van der Waals surface area contributed by atoms with Crippen molar-refractivity contribution in [2.45, 2.75) is 52.2 Å². The summed E-state index contributed by atoms with van der Waals surface area (Å²) in [7, 11) is 1.50. The molecule has 0 saturated heterocycles. The van der Waals surface area contributed by atoms with Crippen LogP contribution in [0.25, 0.3) is 0 Å². The summed E-state index contributed by atoms with van der Waals surface area (Å²) in [6.07, 6.45) is -0.911. The van der Waals surface area contributed by atoms with Crippen LogP contribution >= 0.6 is 0 Å². The van der Waals surface area contributed by atoms with Gasteiger partial charge in [0.15, 0.2) is 23.3 Å². The molecule has 10 nitrogen and oxygen atoms in total. The van der Waals surface area contributed by atoms with Crippen LogP contribution < -0.4 is 14.8 Å². The van der Waals surface area contributed by atoms with Crippen molar-refractivity contribution in [1.29, 1.82) is 5.41 Å². The Morgan fingerprint density at radius 3 is 2.43 bits per heavy atom. The van der Waals surface area contributed by atoms with Crippen LogP contribution in [0.1, 0.15) is 70.9 Å². The molecule has 1 aliphatic rings. The molecule has 2 heterocycles. The molecule has 1 atom stereocenters. The third-order valence-corrected chi connectivity index (χ3v) is 6.96. The maximum atomic E-state index is 13.5. The molecule has 0 fully saturated rings. The highest BCUT2D eigenvalue weighted by Gasteiger charge is 2.32. The van der Waals surface area contributed by atoms with Gasteiger partial charge in [-0.2, -0.15) is 0 Å². The molecule has 0 radical (unpaired) electrons.